The minimum atomic E-state index is -0.462. The molecule has 2 aromatic heterocycles. The highest BCUT2D eigenvalue weighted by Gasteiger charge is 2.14. The van der Waals surface area contributed by atoms with Crippen molar-refractivity contribution < 1.29 is 4.79 Å². The molecule has 0 bridgehead atoms. The first kappa shape index (κ1) is 15.5. The van der Waals surface area contributed by atoms with E-state index in [2.05, 4.69) is 4.98 Å². The molecule has 0 N–H and O–H groups in total. The second-order valence-corrected chi connectivity index (χ2v) is 5.41. The Morgan fingerprint density at radius 3 is 2.52 bits per heavy atom. The summed E-state index contributed by atoms with van der Waals surface area (Å²) in [5.41, 5.74) is 2.32. The topological polar surface area (TPSA) is 34.9 Å². The Morgan fingerprint density at radius 2 is 1.70 bits per heavy atom. The first-order chi connectivity index (χ1) is 10.7. The van der Waals surface area contributed by atoms with Gasteiger partial charge in [-0.3, -0.25) is 4.79 Å². The quantitative estimate of drug-likeness (QED) is 0.481. The van der Waals surface area contributed by atoms with Crippen LogP contribution >= 0.6 is 24.0 Å². The normalized spacial score (nSPS) is 10.7. The van der Waals surface area contributed by atoms with Crippen molar-refractivity contribution in [2.75, 3.05) is 0 Å². The number of halogens is 2. The third-order valence-electron chi connectivity index (χ3n) is 3.75. The van der Waals surface area contributed by atoms with Crippen LogP contribution in [0.25, 0.3) is 27.6 Å². The summed E-state index contributed by atoms with van der Waals surface area (Å²) in [5, 5.41) is 1.45. The van der Waals surface area contributed by atoms with E-state index in [-0.39, 0.29) is 12.4 Å². The molecule has 4 rings (SSSR count). The molecule has 0 aliphatic rings. The van der Waals surface area contributed by atoms with Crippen LogP contribution in [0.15, 0.2) is 66.9 Å². The molecule has 0 saturated heterocycles. The van der Waals surface area contributed by atoms with Crippen LogP contribution in [-0.2, 0) is 0 Å². The monoisotopic (exact) mass is 342 g/mol. The average Bonchev–Trinajstić information content (AvgIpc) is 2.94. The van der Waals surface area contributed by atoms with Crippen LogP contribution in [0.5, 0.6) is 0 Å². The summed E-state index contributed by atoms with van der Waals surface area (Å²) in [4.78, 5) is 16.3. The summed E-state index contributed by atoms with van der Waals surface area (Å²) < 4.78 is 1.90. The zero-order valence-corrected chi connectivity index (χ0v) is 13.5. The average molecular weight is 343 g/mol. The predicted molar refractivity (Wildman–Crippen MR) is 96.0 cm³/mol. The van der Waals surface area contributed by atoms with Crippen molar-refractivity contribution in [2.24, 2.45) is 0 Å². The van der Waals surface area contributed by atoms with E-state index in [0.717, 1.165) is 27.6 Å². The minimum Gasteiger partial charge on any atom is -0.300 e. The number of pyridine rings is 1. The maximum absolute atomic E-state index is 11.6. The first-order valence-corrected chi connectivity index (χ1v) is 7.28. The zero-order chi connectivity index (χ0) is 15.1. The molecule has 0 aliphatic carbocycles. The minimum absolute atomic E-state index is 0. The van der Waals surface area contributed by atoms with Gasteiger partial charge in [0.2, 0.25) is 0 Å². The molecule has 0 radical (unpaired) electrons. The number of carbonyl (C=O) groups excluding carboxylic acids is 1. The molecule has 5 heteroatoms. The van der Waals surface area contributed by atoms with Crippen molar-refractivity contribution in [3.63, 3.8) is 0 Å². The number of hydrogen-bond acceptors (Lipinski definition) is 2. The summed E-state index contributed by atoms with van der Waals surface area (Å²) in [6, 6.07) is 19.6. The van der Waals surface area contributed by atoms with Gasteiger partial charge >= 0.3 is 0 Å². The van der Waals surface area contributed by atoms with Gasteiger partial charge in [0, 0.05) is 17.0 Å². The maximum Gasteiger partial charge on any atom is 0.254 e. The SMILES string of the molecule is Cl.O=C(Cl)c1cn(-c2ccc3ccccc3n2)c2ccccc12. The van der Waals surface area contributed by atoms with Crippen LogP contribution in [0.2, 0.25) is 0 Å². The van der Waals surface area contributed by atoms with Crippen molar-refractivity contribution in [1.29, 1.82) is 0 Å². The largest absolute Gasteiger partial charge is 0.300 e. The fraction of sp³-hybridized carbons (Fsp3) is 0. The molecule has 0 aliphatic heterocycles. The van der Waals surface area contributed by atoms with Crippen LogP contribution in [0.4, 0.5) is 0 Å². The number of benzene rings is 2. The van der Waals surface area contributed by atoms with Gasteiger partial charge in [-0.05, 0) is 35.9 Å². The van der Waals surface area contributed by atoms with E-state index in [1.54, 1.807) is 6.20 Å². The summed E-state index contributed by atoms with van der Waals surface area (Å²) in [5.74, 6) is 0.763. The number of para-hydroxylation sites is 2. The van der Waals surface area contributed by atoms with Gasteiger partial charge in [0.15, 0.2) is 0 Å². The number of fused-ring (bicyclic) bond motifs is 2. The molecule has 2 aromatic carbocycles. The van der Waals surface area contributed by atoms with Crippen molar-refractivity contribution in [3.8, 4) is 5.82 Å². The van der Waals surface area contributed by atoms with E-state index >= 15 is 0 Å². The number of aromatic nitrogens is 2. The summed E-state index contributed by atoms with van der Waals surface area (Å²) in [6.45, 7) is 0. The molecule has 3 nitrogen and oxygen atoms in total. The van der Waals surface area contributed by atoms with Crippen LogP contribution in [0, 0.1) is 0 Å². The lowest BCUT2D eigenvalue weighted by molar-refractivity contribution is 0.108. The van der Waals surface area contributed by atoms with E-state index in [4.69, 9.17) is 11.6 Å². The third kappa shape index (κ3) is 2.58. The molecule has 23 heavy (non-hydrogen) atoms. The van der Waals surface area contributed by atoms with Gasteiger partial charge in [-0.15, -0.1) is 12.4 Å². The van der Waals surface area contributed by atoms with E-state index in [9.17, 15) is 4.79 Å². The highest BCUT2D eigenvalue weighted by Crippen LogP contribution is 2.26. The van der Waals surface area contributed by atoms with Gasteiger partial charge in [-0.2, -0.15) is 0 Å². The van der Waals surface area contributed by atoms with Crippen molar-refractivity contribution in [2.45, 2.75) is 0 Å². The Morgan fingerprint density at radius 1 is 0.957 bits per heavy atom. The van der Waals surface area contributed by atoms with E-state index in [1.807, 2.05) is 65.2 Å². The molecular formula is C18H12Cl2N2O. The molecule has 0 fully saturated rings. The Kier molecular flexibility index (Phi) is 4.07. The van der Waals surface area contributed by atoms with Gasteiger partial charge in [-0.25, -0.2) is 4.98 Å². The first-order valence-electron chi connectivity index (χ1n) is 6.90. The highest BCUT2D eigenvalue weighted by molar-refractivity contribution is 6.68. The maximum atomic E-state index is 11.6. The molecule has 0 amide bonds. The molecule has 0 unspecified atom stereocenters. The molecular weight excluding hydrogens is 331 g/mol. The van der Waals surface area contributed by atoms with Crippen molar-refractivity contribution in [3.05, 3.63) is 72.4 Å². The van der Waals surface area contributed by atoms with Gasteiger partial charge in [-0.1, -0.05) is 36.4 Å². The Hall–Kier alpha value is -2.36. The summed E-state index contributed by atoms with van der Waals surface area (Å²) >= 11 is 5.71. The van der Waals surface area contributed by atoms with Crippen LogP contribution in [-0.4, -0.2) is 14.8 Å². The molecule has 0 spiro atoms. The lowest BCUT2D eigenvalue weighted by atomic mass is 10.2. The highest BCUT2D eigenvalue weighted by atomic mass is 35.5. The number of carbonyl (C=O) groups is 1. The van der Waals surface area contributed by atoms with Crippen molar-refractivity contribution >= 4 is 51.1 Å². The number of nitrogens with zero attached hydrogens (tertiary/aromatic N) is 2. The lowest BCUT2D eigenvalue weighted by Gasteiger charge is -2.05. The zero-order valence-electron chi connectivity index (χ0n) is 11.9. The van der Waals surface area contributed by atoms with Crippen LogP contribution in [0.1, 0.15) is 10.4 Å². The molecule has 114 valence electrons. The Labute approximate surface area is 143 Å². The van der Waals surface area contributed by atoms with E-state index in [0.29, 0.717) is 5.56 Å². The Bertz CT molecular complexity index is 1020. The molecule has 0 atom stereocenters. The van der Waals surface area contributed by atoms with E-state index in [1.165, 1.54) is 0 Å². The standard InChI is InChI=1S/C18H11ClN2O.ClH/c19-18(22)14-11-21(16-8-4-2-6-13(14)16)17-10-9-12-5-1-3-7-15(12)20-17;/h1-11H;1H. The Balaban J connectivity index is 0.00000156. The fourth-order valence-corrected chi connectivity index (χ4v) is 2.87. The predicted octanol–water partition coefficient (Wildman–Crippen LogP) is 4.98. The second kappa shape index (κ2) is 6.03. The second-order valence-electron chi connectivity index (χ2n) is 5.07. The van der Waals surface area contributed by atoms with Gasteiger partial charge in [0.1, 0.15) is 5.82 Å². The number of hydrogen-bond donors (Lipinski definition) is 0. The summed E-state index contributed by atoms with van der Waals surface area (Å²) in [7, 11) is 0. The molecule has 4 aromatic rings. The lowest BCUT2D eigenvalue weighted by Crippen LogP contribution is -1.96. The van der Waals surface area contributed by atoms with Crippen LogP contribution < -0.4 is 0 Å². The van der Waals surface area contributed by atoms with Crippen LogP contribution in [0.3, 0.4) is 0 Å². The fourth-order valence-electron chi connectivity index (χ4n) is 2.72. The van der Waals surface area contributed by atoms with Gasteiger partial charge in [0.05, 0.1) is 16.6 Å². The summed E-state index contributed by atoms with van der Waals surface area (Å²) in [6.07, 6.45) is 1.75. The van der Waals surface area contributed by atoms with E-state index < -0.39 is 5.24 Å². The molecule has 2 heterocycles. The number of rotatable bonds is 2. The smallest absolute Gasteiger partial charge is 0.254 e. The van der Waals surface area contributed by atoms with Gasteiger partial charge < -0.3 is 4.57 Å². The van der Waals surface area contributed by atoms with Gasteiger partial charge in [0.25, 0.3) is 5.24 Å². The third-order valence-corrected chi connectivity index (χ3v) is 3.96. The molecule has 0 saturated carbocycles. The van der Waals surface area contributed by atoms with Crippen molar-refractivity contribution in [1.82, 2.24) is 9.55 Å².